The Morgan fingerprint density at radius 2 is 1.80 bits per heavy atom. The number of amides is 1. The van der Waals surface area contributed by atoms with Gasteiger partial charge in [0, 0.05) is 23.8 Å². The second-order valence-corrected chi connectivity index (χ2v) is 7.18. The molecule has 0 unspecified atom stereocenters. The van der Waals surface area contributed by atoms with Gasteiger partial charge in [-0.05, 0) is 61.2 Å². The molecule has 1 N–H and O–H groups in total. The third kappa shape index (κ3) is 5.07. The Morgan fingerprint density at radius 1 is 1.12 bits per heavy atom. The zero-order valence-electron chi connectivity index (χ0n) is 14.7. The Kier molecular flexibility index (Phi) is 6.11. The van der Waals surface area contributed by atoms with E-state index in [1.165, 1.54) is 11.1 Å². The third-order valence-corrected chi connectivity index (χ3v) is 5.08. The van der Waals surface area contributed by atoms with Crippen molar-refractivity contribution in [2.75, 3.05) is 18.4 Å². The summed E-state index contributed by atoms with van der Waals surface area (Å²) in [7, 11) is 0. The van der Waals surface area contributed by atoms with Gasteiger partial charge in [-0.1, -0.05) is 42.8 Å². The lowest BCUT2D eigenvalue weighted by molar-refractivity contribution is -0.121. The average molecular weight is 357 g/mol. The van der Waals surface area contributed by atoms with Crippen LogP contribution in [0, 0.1) is 5.92 Å². The SMILES string of the molecule is CCc1ccc(NC(=O)[C@H]2CCCN(Cc3ccc(Cl)cc3)C2)cc1. The van der Waals surface area contributed by atoms with Gasteiger partial charge < -0.3 is 5.32 Å². The first kappa shape index (κ1) is 18.0. The van der Waals surface area contributed by atoms with Crippen LogP contribution in [0.5, 0.6) is 0 Å². The van der Waals surface area contributed by atoms with Crippen molar-refractivity contribution in [3.8, 4) is 0 Å². The maximum atomic E-state index is 12.6. The fourth-order valence-corrected chi connectivity index (χ4v) is 3.46. The summed E-state index contributed by atoms with van der Waals surface area (Å²) in [6.45, 7) is 4.84. The fourth-order valence-electron chi connectivity index (χ4n) is 3.33. The van der Waals surface area contributed by atoms with Gasteiger partial charge in [0.05, 0.1) is 5.92 Å². The predicted octanol–water partition coefficient (Wildman–Crippen LogP) is 4.75. The summed E-state index contributed by atoms with van der Waals surface area (Å²) >= 11 is 5.95. The molecule has 1 saturated heterocycles. The van der Waals surface area contributed by atoms with E-state index >= 15 is 0 Å². The summed E-state index contributed by atoms with van der Waals surface area (Å²) < 4.78 is 0. The largest absolute Gasteiger partial charge is 0.326 e. The van der Waals surface area contributed by atoms with Crippen LogP contribution >= 0.6 is 11.6 Å². The highest BCUT2D eigenvalue weighted by Crippen LogP contribution is 2.21. The van der Waals surface area contributed by atoms with E-state index in [9.17, 15) is 4.79 Å². The molecule has 0 saturated carbocycles. The quantitative estimate of drug-likeness (QED) is 0.838. The molecule has 25 heavy (non-hydrogen) atoms. The van der Waals surface area contributed by atoms with Gasteiger partial charge in [0.25, 0.3) is 0 Å². The predicted molar refractivity (Wildman–Crippen MR) is 104 cm³/mol. The van der Waals surface area contributed by atoms with Crippen LogP contribution in [0.2, 0.25) is 5.02 Å². The van der Waals surface area contributed by atoms with Crippen LogP contribution in [0.15, 0.2) is 48.5 Å². The number of likely N-dealkylation sites (tertiary alicyclic amines) is 1. The van der Waals surface area contributed by atoms with Crippen LogP contribution < -0.4 is 5.32 Å². The minimum atomic E-state index is 0.0481. The Morgan fingerprint density at radius 3 is 2.48 bits per heavy atom. The van der Waals surface area contributed by atoms with E-state index in [1.54, 1.807) is 0 Å². The van der Waals surface area contributed by atoms with Crippen LogP contribution in [-0.2, 0) is 17.8 Å². The standard InChI is InChI=1S/C21H25ClN2O/c1-2-16-7-11-20(12-8-16)23-21(25)18-4-3-13-24(15-18)14-17-5-9-19(22)10-6-17/h5-12,18H,2-4,13-15H2,1H3,(H,23,25)/t18-/m0/s1. The molecule has 1 atom stereocenters. The van der Waals surface area contributed by atoms with Gasteiger partial charge in [0.1, 0.15) is 0 Å². The number of nitrogens with one attached hydrogen (secondary N) is 1. The Labute approximate surface area is 155 Å². The van der Waals surface area contributed by atoms with Gasteiger partial charge in [-0.25, -0.2) is 0 Å². The van der Waals surface area contributed by atoms with Gasteiger partial charge in [0.2, 0.25) is 5.91 Å². The van der Waals surface area contributed by atoms with E-state index in [0.717, 1.165) is 49.6 Å². The van der Waals surface area contributed by atoms with E-state index in [2.05, 4.69) is 41.4 Å². The molecule has 1 fully saturated rings. The molecule has 1 aliphatic heterocycles. The van der Waals surface area contributed by atoms with Crippen LogP contribution in [0.1, 0.15) is 30.9 Å². The molecule has 2 aromatic rings. The number of anilines is 1. The topological polar surface area (TPSA) is 32.3 Å². The summed E-state index contributed by atoms with van der Waals surface area (Å²) in [5.74, 6) is 0.178. The van der Waals surface area contributed by atoms with Crippen molar-refractivity contribution >= 4 is 23.2 Å². The van der Waals surface area contributed by atoms with Crippen molar-refractivity contribution in [1.29, 1.82) is 0 Å². The maximum absolute atomic E-state index is 12.6. The number of carbonyl (C=O) groups is 1. The lowest BCUT2D eigenvalue weighted by atomic mass is 9.96. The Balaban J connectivity index is 1.56. The molecule has 1 heterocycles. The summed E-state index contributed by atoms with van der Waals surface area (Å²) in [5.41, 5.74) is 3.41. The molecule has 0 aliphatic carbocycles. The second kappa shape index (κ2) is 8.50. The van der Waals surface area contributed by atoms with Gasteiger partial charge in [0.15, 0.2) is 0 Å². The number of benzene rings is 2. The minimum absolute atomic E-state index is 0.0481. The molecule has 2 aromatic carbocycles. The summed E-state index contributed by atoms with van der Waals surface area (Å²) in [6.07, 6.45) is 3.02. The lowest BCUT2D eigenvalue weighted by Crippen LogP contribution is -2.40. The smallest absolute Gasteiger partial charge is 0.228 e. The second-order valence-electron chi connectivity index (χ2n) is 6.74. The first-order valence-electron chi connectivity index (χ1n) is 9.00. The zero-order valence-corrected chi connectivity index (χ0v) is 15.4. The van der Waals surface area contributed by atoms with Crippen molar-refractivity contribution < 1.29 is 4.79 Å². The number of hydrogen-bond acceptors (Lipinski definition) is 2. The third-order valence-electron chi connectivity index (χ3n) is 4.83. The first-order chi connectivity index (χ1) is 12.1. The highest BCUT2D eigenvalue weighted by Gasteiger charge is 2.25. The molecule has 3 nitrogen and oxygen atoms in total. The van der Waals surface area contributed by atoms with Crippen molar-refractivity contribution in [2.24, 2.45) is 5.92 Å². The van der Waals surface area contributed by atoms with Crippen molar-refractivity contribution in [3.63, 3.8) is 0 Å². The number of halogens is 1. The highest BCUT2D eigenvalue weighted by molar-refractivity contribution is 6.30. The molecule has 1 aliphatic rings. The molecule has 132 valence electrons. The molecular weight excluding hydrogens is 332 g/mol. The van der Waals surface area contributed by atoms with E-state index in [1.807, 2.05) is 24.3 Å². The fraction of sp³-hybridized carbons (Fsp3) is 0.381. The summed E-state index contributed by atoms with van der Waals surface area (Å²) in [6, 6.07) is 16.1. The summed E-state index contributed by atoms with van der Waals surface area (Å²) in [5, 5.41) is 3.83. The molecule has 0 radical (unpaired) electrons. The van der Waals surface area contributed by atoms with E-state index in [4.69, 9.17) is 11.6 Å². The van der Waals surface area contributed by atoms with Crippen molar-refractivity contribution in [2.45, 2.75) is 32.7 Å². The first-order valence-corrected chi connectivity index (χ1v) is 9.38. The monoisotopic (exact) mass is 356 g/mol. The molecule has 0 spiro atoms. The summed E-state index contributed by atoms with van der Waals surface area (Å²) in [4.78, 5) is 15.0. The molecule has 0 bridgehead atoms. The number of piperidine rings is 1. The normalized spacial score (nSPS) is 18.1. The van der Waals surface area contributed by atoms with Crippen LogP contribution in [0.25, 0.3) is 0 Å². The zero-order chi connectivity index (χ0) is 17.6. The number of carbonyl (C=O) groups excluding carboxylic acids is 1. The Hall–Kier alpha value is -1.84. The number of aryl methyl sites for hydroxylation is 1. The van der Waals surface area contributed by atoms with Crippen LogP contribution in [0.3, 0.4) is 0 Å². The average Bonchev–Trinajstić information content (AvgIpc) is 2.64. The Bertz CT molecular complexity index is 697. The number of hydrogen-bond donors (Lipinski definition) is 1. The van der Waals surface area contributed by atoms with Crippen LogP contribution in [0.4, 0.5) is 5.69 Å². The lowest BCUT2D eigenvalue weighted by Gasteiger charge is -2.32. The van der Waals surface area contributed by atoms with Gasteiger partial charge >= 0.3 is 0 Å². The number of rotatable bonds is 5. The molecular formula is C21H25ClN2O. The molecule has 4 heteroatoms. The van der Waals surface area contributed by atoms with Gasteiger partial charge in [-0.15, -0.1) is 0 Å². The van der Waals surface area contributed by atoms with Crippen LogP contribution in [-0.4, -0.2) is 23.9 Å². The van der Waals surface area contributed by atoms with E-state index in [-0.39, 0.29) is 11.8 Å². The van der Waals surface area contributed by atoms with Crippen molar-refractivity contribution in [3.05, 3.63) is 64.7 Å². The molecule has 0 aromatic heterocycles. The van der Waals surface area contributed by atoms with E-state index < -0.39 is 0 Å². The number of nitrogens with zero attached hydrogens (tertiary/aromatic N) is 1. The maximum Gasteiger partial charge on any atom is 0.228 e. The highest BCUT2D eigenvalue weighted by atomic mass is 35.5. The molecule has 1 amide bonds. The minimum Gasteiger partial charge on any atom is -0.326 e. The van der Waals surface area contributed by atoms with E-state index in [0.29, 0.717) is 0 Å². The van der Waals surface area contributed by atoms with Gasteiger partial charge in [-0.3, -0.25) is 9.69 Å². The van der Waals surface area contributed by atoms with Crippen molar-refractivity contribution in [1.82, 2.24) is 4.90 Å². The molecule has 3 rings (SSSR count). The van der Waals surface area contributed by atoms with Gasteiger partial charge in [-0.2, -0.15) is 0 Å².